The van der Waals surface area contributed by atoms with Gasteiger partial charge in [0.15, 0.2) is 11.5 Å². The molecule has 5 nitrogen and oxygen atoms in total. The number of allylic oxidation sites excluding steroid dienone is 1. The molecule has 0 saturated heterocycles. The molecule has 0 aliphatic heterocycles. The van der Waals surface area contributed by atoms with Crippen molar-refractivity contribution in [1.82, 2.24) is 9.97 Å². The van der Waals surface area contributed by atoms with Crippen LogP contribution < -0.4 is 9.47 Å². The molecule has 27 heavy (non-hydrogen) atoms. The Labute approximate surface area is 163 Å². The van der Waals surface area contributed by atoms with E-state index in [4.69, 9.17) is 21.1 Å². The molecule has 1 aromatic heterocycles. The molecule has 3 rings (SSSR count). The van der Waals surface area contributed by atoms with Gasteiger partial charge < -0.3 is 14.5 Å². The Bertz CT molecular complexity index is 985. The summed E-state index contributed by atoms with van der Waals surface area (Å²) in [5.74, 6) is 1.60. The highest BCUT2D eigenvalue weighted by atomic mass is 35.5. The second-order valence-electron chi connectivity index (χ2n) is 5.88. The van der Waals surface area contributed by atoms with Gasteiger partial charge in [-0.15, -0.1) is 0 Å². The molecule has 138 valence electrons. The maximum Gasteiger partial charge on any atom is 0.179 e. The van der Waals surface area contributed by atoms with Gasteiger partial charge in [-0.1, -0.05) is 30.7 Å². The zero-order valence-corrected chi connectivity index (χ0v) is 16.0. The third kappa shape index (κ3) is 4.24. The SMILES string of the molecule is CCCOc1c(Cl)cc(/C=C(\C#N)c2nc3ccccc3[nH]2)cc1OCC. The number of nitriles is 1. The maximum atomic E-state index is 9.61. The van der Waals surface area contributed by atoms with E-state index in [1.165, 1.54) is 0 Å². The van der Waals surface area contributed by atoms with Gasteiger partial charge in [0, 0.05) is 0 Å². The lowest BCUT2D eigenvalue weighted by atomic mass is 10.1. The smallest absolute Gasteiger partial charge is 0.179 e. The number of nitrogens with zero attached hydrogens (tertiary/aromatic N) is 2. The van der Waals surface area contributed by atoms with E-state index in [0.717, 1.165) is 23.0 Å². The fourth-order valence-electron chi connectivity index (χ4n) is 2.68. The standard InChI is InChI=1S/C21H20ClN3O2/c1-3-9-27-20-16(22)11-14(12-19(20)26-4-2)10-15(13-23)21-24-17-7-5-6-8-18(17)25-21/h5-8,10-12H,3-4,9H2,1-2H3,(H,24,25)/b15-10+. The second-order valence-corrected chi connectivity index (χ2v) is 6.29. The van der Waals surface area contributed by atoms with Crippen molar-refractivity contribution in [3.8, 4) is 17.6 Å². The van der Waals surface area contributed by atoms with Crippen molar-refractivity contribution < 1.29 is 9.47 Å². The van der Waals surface area contributed by atoms with Crippen LogP contribution in [-0.4, -0.2) is 23.2 Å². The van der Waals surface area contributed by atoms with E-state index in [0.29, 0.717) is 41.1 Å². The van der Waals surface area contributed by atoms with Crippen LogP contribution in [0.3, 0.4) is 0 Å². The van der Waals surface area contributed by atoms with Crippen molar-refractivity contribution in [1.29, 1.82) is 5.26 Å². The molecular formula is C21H20ClN3O2. The summed E-state index contributed by atoms with van der Waals surface area (Å²) in [6.45, 7) is 4.96. The van der Waals surface area contributed by atoms with Gasteiger partial charge in [-0.05, 0) is 49.2 Å². The summed E-state index contributed by atoms with van der Waals surface area (Å²) < 4.78 is 11.4. The lowest BCUT2D eigenvalue weighted by Gasteiger charge is -2.14. The normalized spacial score (nSPS) is 11.4. The summed E-state index contributed by atoms with van der Waals surface area (Å²) in [7, 11) is 0. The molecule has 2 aromatic carbocycles. The first-order chi connectivity index (χ1) is 13.2. The van der Waals surface area contributed by atoms with Crippen LogP contribution in [0.4, 0.5) is 0 Å². The topological polar surface area (TPSA) is 70.9 Å². The van der Waals surface area contributed by atoms with Crippen LogP contribution in [0.5, 0.6) is 11.5 Å². The lowest BCUT2D eigenvalue weighted by Crippen LogP contribution is -2.01. The van der Waals surface area contributed by atoms with E-state index < -0.39 is 0 Å². The van der Waals surface area contributed by atoms with Crippen molar-refractivity contribution >= 4 is 34.3 Å². The number of para-hydroxylation sites is 2. The average molecular weight is 382 g/mol. The van der Waals surface area contributed by atoms with E-state index in [2.05, 4.69) is 16.0 Å². The Kier molecular flexibility index (Phi) is 6.00. The van der Waals surface area contributed by atoms with Crippen LogP contribution in [0.2, 0.25) is 5.02 Å². The largest absolute Gasteiger partial charge is 0.490 e. The third-order valence-corrected chi connectivity index (χ3v) is 4.14. The minimum atomic E-state index is 0.409. The quantitative estimate of drug-likeness (QED) is 0.551. The van der Waals surface area contributed by atoms with E-state index in [1.54, 1.807) is 12.1 Å². The first-order valence-corrected chi connectivity index (χ1v) is 9.20. The molecule has 0 spiro atoms. The number of ether oxygens (including phenoxy) is 2. The van der Waals surface area contributed by atoms with Gasteiger partial charge in [0.1, 0.15) is 11.9 Å². The van der Waals surface area contributed by atoms with Crippen molar-refractivity contribution in [3.63, 3.8) is 0 Å². The monoisotopic (exact) mass is 381 g/mol. The third-order valence-electron chi connectivity index (χ3n) is 3.86. The number of halogens is 1. The number of aromatic amines is 1. The lowest BCUT2D eigenvalue weighted by molar-refractivity contribution is 0.277. The van der Waals surface area contributed by atoms with Crippen molar-refractivity contribution in [3.05, 3.63) is 52.8 Å². The number of imidazole rings is 1. The number of rotatable bonds is 7. The van der Waals surface area contributed by atoms with E-state index in [-0.39, 0.29) is 0 Å². The summed E-state index contributed by atoms with van der Waals surface area (Å²) in [5.41, 5.74) is 2.84. The highest BCUT2D eigenvalue weighted by Gasteiger charge is 2.13. The molecule has 0 radical (unpaired) electrons. The van der Waals surface area contributed by atoms with Gasteiger partial charge in [0.2, 0.25) is 0 Å². The fraction of sp³-hybridized carbons (Fsp3) is 0.238. The predicted octanol–water partition coefficient (Wildman–Crippen LogP) is 5.47. The summed E-state index contributed by atoms with van der Waals surface area (Å²) in [5, 5.41) is 10.1. The Morgan fingerprint density at radius 3 is 2.78 bits per heavy atom. The number of H-pyrrole nitrogens is 1. The van der Waals surface area contributed by atoms with Crippen molar-refractivity contribution in [2.45, 2.75) is 20.3 Å². The zero-order valence-electron chi connectivity index (χ0n) is 15.3. The predicted molar refractivity (Wildman–Crippen MR) is 108 cm³/mol. The number of nitrogens with one attached hydrogen (secondary N) is 1. The molecule has 0 fully saturated rings. The summed E-state index contributed by atoms with van der Waals surface area (Å²) in [6.07, 6.45) is 2.60. The van der Waals surface area contributed by atoms with Gasteiger partial charge in [-0.3, -0.25) is 0 Å². The van der Waals surface area contributed by atoms with E-state index in [1.807, 2.05) is 44.2 Å². The Balaban J connectivity index is 2.01. The van der Waals surface area contributed by atoms with E-state index in [9.17, 15) is 5.26 Å². The van der Waals surface area contributed by atoms with E-state index >= 15 is 0 Å². The Hall–Kier alpha value is -2.97. The molecule has 1 heterocycles. The van der Waals surface area contributed by atoms with Crippen LogP contribution in [0.15, 0.2) is 36.4 Å². The van der Waals surface area contributed by atoms with Gasteiger partial charge in [0.05, 0.1) is 34.8 Å². The van der Waals surface area contributed by atoms with Crippen LogP contribution in [0, 0.1) is 11.3 Å². The molecule has 0 bridgehead atoms. The minimum Gasteiger partial charge on any atom is -0.490 e. The highest BCUT2D eigenvalue weighted by Crippen LogP contribution is 2.37. The maximum absolute atomic E-state index is 9.61. The molecule has 0 saturated carbocycles. The molecule has 3 aromatic rings. The highest BCUT2D eigenvalue weighted by molar-refractivity contribution is 6.32. The van der Waals surface area contributed by atoms with Crippen molar-refractivity contribution in [2.24, 2.45) is 0 Å². The van der Waals surface area contributed by atoms with Crippen LogP contribution in [-0.2, 0) is 0 Å². The van der Waals surface area contributed by atoms with Crippen LogP contribution in [0.25, 0.3) is 22.7 Å². The number of aromatic nitrogens is 2. The van der Waals surface area contributed by atoms with Gasteiger partial charge in [-0.25, -0.2) is 4.98 Å². The Morgan fingerprint density at radius 2 is 2.07 bits per heavy atom. The molecule has 0 atom stereocenters. The number of hydrogen-bond acceptors (Lipinski definition) is 4. The number of fused-ring (bicyclic) bond motifs is 1. The molecule has 0 aliphatic carbocycles. The molecule has 0 aliphatic rings. The van der Waals surface area contributed by atoms with Gasteiger partial charge >= 0.3 is 0 Å². The second kappa shape index (κ2) is 8.61. The minimum absolute atomic E-state index is 0.409. The Morgan fingerprint density at radius 1 is 1.26 bits per heavy atom. The van der Waals surface area contributed by atoms with Crippen molar-refractivity contribution in [2.75, 3.05) is 13.2 Å². The zero-order chi connectivity index (χ0) is 19.2. The number of benzene rings is 2. The summed E-state index contributed by atoms with van der Waals surface area (Å²) in [6, 6.07) is 13.4. The molecular weight excluding hydrogens is 362 g/mol. The average Bonchev–Trinajstić information content (AvgIpc) is 3.09. The molecule has 0 unspecified atom stereocenters. The first-order valence-electron chi connectivity index (χ1n) is 8.82. The number of hydrogen-bond donors (Lipinski definition) is 1. The molecule has 1 N–H and O–H groups in total. The molecule has 6 heteroatoms. The summed E-state index contributed by atoms with van der Waals surface area (Å²) >= 11 is 6.40. The van der Waals surface area contributed by atoms with Gasteiger partial charge in [-0.2, -0.15) is 5.26 Å². The van der Waals surface area contributed by atoms with Crippen LogP contribution in [0.1, 0.15) is 31.7 Å². The summed E-state index contributed by atoms with van der Waals surface area (Å²) in [4.78, 5) is 7.65. The molecule has 0 amide bonds. The fourth-order valence-corrected chi connectivity index (χ4v) is 2.95. The van der Waals surface area contributed by atoms with Crippen LogP contribution >= 0.6 is 11.6 Å². The van der Waals surface area contributed by atoms with Gasteiger partial charge in [0.25, 0.3) is 0 Å². The first kappa shape index (κ1) is 18.8.